The molecule has 15 nitrogen and oxygen atoms in total. The molecular formula is C75H83F2N5O10Si2. The molecule has 19 heteroatoms. The van der Waals surface area contributed by atoms with Crippen LogP contribution in [0.15, 0.2) is 140 Å². The lowest BCUT2D eigenvalue weighted by atomic mass is 9.87. The Morgan fingerprint density at radius 1 is 0.649 bits per heavy atom. The van der Waals surface area contributed by atoms with E-state index in [0.29, 0.717) is 30.9 Å². The van der Waals surface area contributed by atoms with E-state index >= 15 is 0 Å². The number of carbonyl (C=O) groups excluding carboxylic acids is 3. The number of amides is 1. The smallest absolute Gasteiger partial charge is 0.457 e. The van der Waals surface area contributed by atoms with Gasteiger partial charge in [-0.25, -0.2) is 23.2 Å². The van der Waals surface area contributed by atoms with Crippen molar-refractivity contribution in [2.75, 3.05) is 13.2 Å². The van der Waals surface area contributed by atoms with E-state index in [1.54, 1.807) is 48.5 Å². The van der Waals surface area contributed by atoms with E-state index in [0.717, 1.165) is 140 Å². The summed E-state index contributed by atoms with van der Waals surface area (Å²) in [7, 11) is -2.51. The Hall–Kier alpha value is -9.23. The summed E-state index contributed by atoms with van der Waals surface area (Å²) in [4.78, 5) is 56.7. The second-order valence-electron chi connectivity index (χ2n) is 26.5. The van der Waals surface area contributed by atoms with Crippen molar-refractivity contribution in [3.63, 3.8) is 0 Å². The van der Waals surface area contributed by atoms with Crippen LogP contribution in [0, 0.1) is 33.1 Å². The molecule has 0 saturated carbocycles. The van der Waals surface area contributed by atoms with Gasteiger partial charge in [0.25, 0.3) is 5.69 Å². The highest BCUT2D eigenvalue weighted by atomic mass is 28.3. The van der Waals surface area contributed by atoms with Crippen LogP contribution >= 0.6 is 0 Å². The molecule has 0 fully saturated rings. The Bertz CT molecular complexity index is 4030. The maximum Gasteiger partial charge on any atom is 0.513 e. The first kappa shape index (κ1) is 70.6. The number of aryl methyl sites for hydroxylation is 2. The number of nitriles is 1. The monoisotopic (exact) mass is 1310 g/mol. The largest absolute Gasteiger partial charge is 0.513 e. The van der Waals surface area contributed by atoms with E-state index in [-0.39, 0.29) is 48.1 Å². The van der Waals surface area contributed by atoms with Crippen LogP contribution in [-0.4, -0.2) is 67.6 Å². The molecule has 0 bridgehead atoms. The third-order valence-corrected chi connectivity index (χ3v) is 19.7. The summed E-state index contributed by atoms with van der Waals surface area (Å²) in [5.74, 6) is -0.633. The molecule has 0 atom stereocenters. The molecule has 2 aromatic heterocycles. The average Bonchev–Trinajstić information content (AvgIpc) is 1.27. The second-order valence-corrected chi connectivity index (χ2v) is 37.8. The number of hydrogen-bond acceptors (Lipinski definition) is 13. The molecule has 94 heavy (non-hydrogen) atoms. The van der Waals surface area contributed by atoms with Crippen LogP contribution in [0.5, 0.6) is 5.75 Å². The van der Waals surface area contributed by atoms with Crippen molar-refractivity contribution in [2.45, 2.75) is 149 Å². The van der Waals surface area contributed by atoms with Crippen molar-refractivity contribution in [2.24, 2.45) is 0 Å². The van der Waals surface area contributed by atoms with Crippen molar-refractivity contribution in [1.29, 1.82) is 5.26 Å². The quantitative estimate of drug-likeness (QED) is 0.0205. The number of fused-ring (bicyclic) bond motifs is 6. The second kappa shape index (κ2) is 32.1. The van der Waals surface area contributed by atoms with Crippen molar-refractivity contribution in [3.05, 3.63) is 223 Å². The van der Waals surface area contributed by atoms with Crippen molar-refractivity contribution < 1.29 is 52.1 Å². The lowest BCUT2D eigenvalue weighted by molar-refractivity contribution is -0.384. The summed E-state index contributed by atoms with van der Waals surface area (Å²) < 4.78 is 48.8. The predicted molar refractivity (Wildman–Crippen MR) is 368 cm³/mol. The zero-order valence-corrected chi connectivity index (χ0v) is 57.3. The average molecular weight is 1310 g/mol. The van der Waals surface area contributed by atoms with Gasteiger partial charge in [0.05, 0.1) is 59.0 Å². The number of halogens is 2. The molecule has 0 aliphatic heterocycles. The highest BCUT2D eigenvalue weighted by molar-refractivity contribution is 6.76. The molecular weight excluding hydrogens is 1230 g/mol. The topological polar surface area (TPSA) is 213 Å². The molecule has 8 aromatic rings. The highest BCUT2D eigenvalue weighted by Crippen LogP contribution is 2.44. The highest BCUT2D eigenvalue weighted by Gasteiger charge is 2.29. The maximum atomic E-state index is 13.9. The Morgan fingerprint density at radius 3 is 1.67 bits per heavy atom. The van der Waals surface area contributed by atoms with Crippen molar-refractivity contribution >= 4 is 40.1 Å². The van der Waals surface area contributed by atoms with Gasteiger partial charge in [-0.1, -0.05) is 128 Å². The Balaban J connectivity index is 0.000000191. The van der Waals surface area contributed by atoms with E-state index in [1.165, 1.54) is 54.1 Å². The Morgan fingerprint density at radius 2 is 1.16 bits per heavy atom. The van der Waals surface area contributed by atoms with Crippen LogP contribution in [0.2, 0.25) is 51.4 Å². The van der Waals surface area contributed by atoms with Crippen LogP contribution < -0.4 is 10.1 Å². The van der Waals surface area contributed by atoms with Crippen LogP contribution in [-0.2, 0) is 59.7 Å². The van der Waals surface area contributed by atoms with Gasteiger partial charge in [-0.15, -0.1) is 0 Å². The van der Waals surface area contributed by atoms with Crippen LogP contribution in [0.4, 0.5) is 24.1 Å². The number of benzene rings is 6. The third kappa shape index (κ3) is 19.0. The van der Waals surface area contributed by atoms with Gasteiger partial charge in [0.1, 0.15) is 24.0 Å². The minimum absolute atomic E-state index is 0.0424. The van der Waals surface area contributed by atoms with Crippen LogP contribution in [0.3, 0.4) is 0 Å². The van der Waals surface area contributed by atoms with E-state index in [1.807, 2.05) is 24.3 Å². The third-order valence-electron chi connectivity index (χ3n) is 16.2. The van der Waals surface area contributed by atoms with Gasteiger partial charge in [0.15, 0.2) is 0 Å². The minimum Gasteiger partial charge on any atom is -0.457 e. The van der Waals surface area contributed by atoms with Gasteiger partial charge < -0.3 is 29.4 Å². The lowest BCUT2D eigenvalue weighted by Crippen LogP contribution is -2.27. The van der Waals surface area contributed by atoms with Gasteiger partial charge >= 0.3 is 18.2 Å². The summed E-state index contributed by atoms with van der Waals surface area (Å²) in [5, 5.41) is 33.3. The van der Waals surface area contributed by atoms with Gasteiger partial charge in [-0.2, -0.15) is 5.26 Å². The fraction of sp³-hybridized carbons (Fsp3) is 0.333. The maximum absolute atomic E-state index is 13.9. The number of non-ortho nitro benzene ring substituents is 1. The molecule has 0 spiro atoms. The summed E-state index contributed by atoms with van der Waals surface area (Å²) >= 11 is 0. The van der Waals surface area contributed by atoms with Gasteiger partial charge in [0, 0.05) is 62.8 Å². The summed E-state index contributed by atoms with van der Waals surface area (Å²) in [6, 6.07) is 43.3. The van der Waals surface area contributed by atoms with E-state index in [2.05, 4.69) is 96.6 Å². The number of carbonyl (C=O) groups is 3. The zero-order valence-electron chi connectivity index (χ0n) is 55.3. The van der Waals surface area contributed by atoms with Gasteiger partial charge in [0.2, 0.25) is 0 Å². The normalized spacial score (nSPS) is 12.3. The van der Waals surface area contributed by atoms with Crippen LogP contribution in [0.1, 0.15) is 119 Å². The zero-order chi connectivity index (χ0) is 67.9. The molecule has 2 aliphatic carbocycles. The fourth-order valence-corrected chi connectivity index (χ4v) is 12.8. The molecule has 0 unspecified atom stereocenters. The summed E-state index contributed by atoms with van der Waals surface area (Å²) in [5.41, 5.74) is 17.2. The number of nitro benzene ring substituents is 1. The summed E-state index contributed by atoms with van der Waals surface area (Å²) in [6.07, 6.45) is 4.03. The number of nitrogens with zero attached hydrogens (tertiary/aromatic N) is 4. The van der Waals surface area contributed by atoms with Crippen molar-refractivity contribution in [3.8, 4) is 56.6 Å². The molecule has 0 radical (unpaired) electrons. The van der Waals surface area contributed by atoms with E-state index in [9.17, 15) is 43.6 Å². The number of aliphatic hydroxyl groups is 1. The number of esters is 1. The Kier molecular flexibility index (Phi) is 24.1. The first-order valence-corrected chi connectivity index (χ1v) is 39.3. The molecule has 2 heterocycles. The molecule has 6 aromatic carbocycles. The number of nitro groups is 1. The molecule has 10 rings (SSSR count). The van der Waals surface area contributed by atoms with E-state index < -0.39 is 39.3 Å². The van der Waals surface area contributed by atoms with Crippen molar-refractivity contribution in [1.82, 2.24) is 15.3 Å². The summed E-state index contributed by atoms with van der Waals surface area (Å²) in [6.45, 7) is 22.7. The first-order valence-electron chi connectivity index (χ1n) is 31.9. The van der Waals surface area contributed by atoms with Gasteiger partial charge in [-0.05, 0) is 179 Å². The Labute approximate surface area is 551 Å². The SMILES string of the molecule is CC(C)c1nc2c(c(-c3ccc(F)cc3)c1CO)CCCc1ccc(CNC(=O)OCC[Si](C)(C)C)cc1-2.CC(C)c1nc2c(c(-c3ccc(F)cc3)c1COC(=O)c1ccccc1)CCCc1ccc(C#N)cc1-2.C[Si](C)(C)CCOC(=O)Oc1ccc([N+](=O)[O-])cc1. The molecule has 490 valence electrons. The van der Waals surface area contributed by atoms with Crippen LogP contribution in [0.25, 0.3) is 44.8 Å². The number of hydrogen-bond donors (Lipinski definition) is 2. The number of nitrogens with one attached hydrogen (secondary N) is 1. The standard InChI is InChI=1S/C32H27FN2O2.C31H39FN2O3Si.C12H17NO5Si/c1-20(2)30-28(19-37-32(36)24-7-4-3-5-8-24)29(23-13-15-25(33)16-14-23)26-10-6-9-22-12-11-21(18-34)17-27(22)31(26)35-30;1-20(2)29-27(19-35)28(23-11-13-24(32)14-12-23)25-8-6-7-22-10-9-21(17-26(22)30(25)34-29)18-33-31(36)37-15-16-38(3,4)5;1-19(2,3)9-8-17-12(14)18-11-6-4-10(5-7-11)13(15)16/h3-5,7-8,11-17,20H,6,9-10,19H2,1-2H3;9-14,17,20,35H,6-8,15-16,18-19H2,1-5H3,(H,33,36);4-7H,8-9H2,1-3H3. The van der Waals surface area contributed by atoms with Gasteiger partial charge in [-0.3, -0.25) is 20.1 Å². The number of aliphatic hydroxyl groups excluding tert-OH is 1. The number of pyridine rings is 2. The fourth-order valence-electron chi connectivity index (χ4n) is 11.3. The number of aromatic nitrogens is 2. The lowest BCUT2D eigenvalue weighted by Gasteiger charge is -2.23. The molecule has 1 amide bonds. The molecule has 0 saturated heterocycles. The molecule has 2 aliphatic rings. The molecule has 2 N–H and O–H groups in total. The first-order chi connectivity index (χ1) is 44.8. The van der Waals surface area contributed by atoms with E-state index in [4.69, 9.17) is 28.9 Å². The number of rotatable bonds is 18. The number of alkyl carbamates (subject to hydrolysis) is 1. The minimum atomic E-state index is -1.26. The predicted octanol–water partition coefficient (Wildman–Crippen LogP) is 18.1. The number of ether oxygens (including phenoxy) is 4.